The average molecular weight is 300 g/mol. The van der Waals surface area contributed by atoms with Gasteiger partial charge in [0.05, 0.1) is 0 Å². The van der Waals surface area contributed by atoms with Crippen LogP contribution in [-0.4, -0.2) is 36.3 Å². The SMILES string of the molecule is CC(=O)N(/C=C(/C#N)C(=O)NCCc1ccccc1)CCN. The van der Waals surface area contributed by atoms with Crippen molar-refractivity contribution in [2.24, 2.45) is 5.73 Å². The van der Waals surface area contributed by atoms with Gasteiger partial charge in [0.25, 0.3) is 5.91 Å². The number of rotatable bonds is 7. The molecule has 6 nitrogen and oxygen atoms in total. The van der Waals surface area contributed by atoms with Crippen LogP contribution in [0.1, 0.15) is 12.5 Å². The summed E-state index contributed by atoms with van der Waals surface area (Å²) in [6, 6.07) is 11.5. The lowest BCUT2D eigenvalue weighted by Crippen LogP contribution is -2.32. The van der Waals surface area contributed by atoms with Gasteiger partial charge >= 0.3 is 0 Å². The van der Waals surface area contributed by atoms with Crippen LogP contribution in [0.2, 0.25) is 0 Å². The Balaban J connectivity index is 2.60. The average Bonchev–Trinajstić information content (AvgIpc) is 2.52. The molecule has 116 valence electrons. The van der Waals surface area contributed by atoms with Gasteiger partial charge in [-0.25, -0.2) is 0 Å². The van der Waals surface area contributed by atoms with E-state index in [0.717, 1.165) is 5.56 Å². The summed E-state index contributed by atoms with van der Waals surface area (Å²) >= 11 is 0. The van der Waals surface area contributed by atoms with E-state index < -0.39 is 5.91 Å². The Morgan fingerprint density at radius 2 is 2.05 bits per heavy atom. The Kier molecular flexibility index (Phi) is 7.37. The van der Waals surface area contributed by atoms with Gasteiger partial charge < -0.3 is 16.0 Å². The summed E-state index contributed by atoms with van der Waals surface area (Å²) in [5.74, 6) is -0.767. The van der Waals surface area contributed by atoms with Gasteiger partial charge in [0.2, 0.25) is 5.91 Å². The van der Waals surface area contributed by atoms with E-state index in [-0.39, 0.29) is 24.6 Å². The largest absolute Gasteiger partial charge is 0.351 e. The first-order valence-electron chi connectivity index (χ1n) is 6.99. The molecule has 0 heterocycles. The van der Waals surface area contributed by atoms with Gasteiger partial charge in [-0.05, 0) is 12.0 Å². The number of nitriles is 1. The van der Waals surface area contributed by atoms with Crippen LogP contribution in [0.5, 0.6) is 0 Å². The number of amides is 2. The molecule has 1 aromatic rings. The highest BCUT2D eigenvalue weighted by Crippen LogP contribution is 2.01. The molecule has 0 saturated heterocycles. The van der Waals surface area contributed by atoms with Crippen LogP contribution in [0.25, 0.3) is 0 Å². The minimum absolute atomic E-state index is 0.114. The Morgan fingerprint density at radius 1 is 1.36 bits per heavy atom. The maximum absolute atomic E-state index is 12.0. The molecule has 6 heteroatoms. The van der Waals surface area contributed by atoms with Crippen molar-refractivity contribution < 1.29 is 9.59 Å². The third kappa shape index (κ3) is 5.77. The van der Waals surface area contributed by atoms with Gasteiger partial charge in [-0.3, -0.25) is 9.59 Å². The first kappa shape index (κ1) is 17.4. The molecule has 2 amide bonds. The lowest BCUT2D eigenvalue weighted by Gasteiger charge is -2.15. The number of nitrogens with zero attached hydrogens (tertiary/aromatic N) is 2. The predicted molar refractivity (Wildman–Crippen MR) is 83.3 cm³/mol. The smallest absolute Gasteiger partial charge is 0.263 e. The van der Waals surface area contributed by atoms with Gasteiger partial charge in [-0.15, -0.1) is 0 Å². The highest BCUT2D eigenvalue weighted by Gasteiger charge is 2.12. The van der Waals surface area contributed by atoms with Gasteiger partial charge in [0.15, 0.2) is 0 Å². The number of nitrogens with one attached hydrogen (secondary N) is 1. The highest BCUT2D eigenvalue weighted by atomic mass is 16.2. The van der Waals surface area contributed by atoms with Crippen molar-refractivity contribution in [1.82, 2.24) is 10.2 Å². The zero-order chi connectivity index (χ0) is 16.4. The van der Waals surface area contributed by atoms with Gasteiger partial charge in [-0.2, -0.15) is 5.26 Å². The Bertz CT molecular complexity index is 576. The maximum atomic E-state index is 12.0. The molecule has 1 aromatic carbocycles. The molecule has 22 heavy (non-hydrogen) atoms. The quantitative estimate of drug-likeness (QED) is 0.567. The molecule has 0 aromatic heterocycles. The summed E-state index contributed by atoms with van der Waals surface area (Å²) in [7, 11) is 0. The molecule has 0 unspecified atom stereocenters. The molecule has 0 fully saturated rings. The van der Waals surface area contributed by atoms with Crippen LogP contribution in [-0.2, 0) is 16.0 Å². The molecular weight excluding hydrogens is 280 g/mol. The van der Waals surface area contributed by atoms with Crippen molar-refractivity contribution in [1.29, 1.82) is 5.26 Å². The van der Waals surface area contributed by atoms with Crippen molar-refractivity contribution in [3.8, 4) is 6.07 Å². The van der Waals surface area contributed by atoms with Crippen LogP contribution in [0.3, 0.4) is 0 Å². The van der Waals surface area contributed by atoms with E-state index in [4.69, 9.17) is 11.0 Å². The third-order valence-corrected chi connectivity index (χ3v) is 2.97. The molecule has 0 bridgehead atoms. The molecule has 0 aliphatic rings. The van der Waals surface area contributed by atoms with Crippen molar-refractivity contribution in [2.75, 3.05) is 19.6 Å². The van der Waals surface area contributed by atoms with E-state index in [0.29, 0.717) is 13.0 Å². The lowest BCUT2D eigenvalue weighted by molar-refractivity contribution is -0.126. The molecule has 0 radical (unpaired) electrons. The number of carbonyl (C=O) groups excluding carboxylic acids is 2. The highest BCUT2D eigenvalue weighted by molar-refractivity contribution is 5.97. The van der Waals surface area contributed by atoms with Gasteiger partial charge in [-0.1, -0.05) is 30.3 Å². The molecule has 0 aliphatic carbocycles. The van der Waals surface area contributed by atoms with E-state index in [9.17, 15) is 9.59 Å². The summed E-state index contributed by atoms with van der Waals surface area (Å²) in [4.78, 5) is 24.6. The molecule has 0 spiro atoms. The maximum Gasteiger partial charge on any atom is 0.263 e. The Morgan fingerprint density at radius 3 is 2.59 bits per heavy atom. The number of carbonyl (C=O) groups is 2. The van der Waals surface area contributed by atoms with E-state index in [1.807, 2.05) is 36.4 Å². The predicted octanol–water partition coefficient (Wildman–Crippen LogP) is 0.560. The van der Waals surface area contributed by atoms with Crippen molar-refractivity contribution in [2.45, 2.75) is 13.3 Å². The summed E-state index contributed by atoms with van der Waals surface area (Å²) in [5, 5.41) is 11.7. The molecule has 1 rings (SSSR count). The Hall–Kier alpha value is -2.65. The second kappa shape index (κ2) is 9.32. The fourth-order valence-corrected chi connectivity index (χ4v) is 1.81. The number of hydrogen-bond acceptors (Lipinski definition) is 4. The van der Waals surface area contributed by atoms with Crippen LogP contribution < -0.4 is 11.1 Å². The number of hydrogen-bond donors (Lipinski definition) is 2. The monoisotopic (exact) mass is 300 g/mol. The van der Waals surface area contributed by atoms with Crippen LogP contribution in [0, 0.1) is 11.3 Å². The minimum atomic E-state index is -0.498. The lowest BCUT2D eigenvalue weighted by atomic mass is 10.1. The fourth-order valence-electron chi connectivity index (χ4n) is 1.81. The third-order valence-electron chi connectivity index (χ3n) is 2.97. The first-order valence-corrected chi connectivity index (χ1v) is 6.99. The Labute approximate surface area is 130 Å². The van der Waals surface area contributed by atoms with E-state index in [1.54, 1.807) is 0 Å². The summed E-state index contributed by atoms with van der Waals surface area (Å²) in [6.07, 6.45) is 1.91. The zero-order valence-electron chi connectivity index (χ0n) is 12.6. The molecule has 0 atom stereocenters. The first-order chi connectivity index (χ1) is 10.6. The topological polar surface area (TPSA) is 99.2 Å². The molecule has 3 N–H and O–H groups in total. The second-order valence-electron chi connectivity index (χ2n) is 4.65. The summed E-state index contributed by atoms with van der Waals surface area (Å²) < 4.78 is 0. The van der Waals surface area contributed by atoms with Gasteiger partial charge in [0.1, 0.15) is 11.6 Å². The number of benzene rings is 1. The van der Waals surface area contributed by atoms with Crippen LogP contribution in [0.15, 0.2) is 42.1 Å². The van der Waals surface area contributed by atoms with Crippen molar-refractivity contribution in [3.05, 3.63) is 47.7 Å². The minimum Gasteiger partial charge on any atom is -0.351 e. The van der Waals surface area contributed by atoms with E-state index >= 15 is 0 Å². The summed E-state index contributed by atoms with van der Waals surface area (Å²) in [6.45, 7) is 2.29. The molecule has 0 aliphatic heterocycles. The zero-order valence-corrected chi connectivity index (χ0v) is 12.6. The van der Waals surface area contributed by atoms with Crippen molar-refractivity contribution in [3.63, 3.8) is 0 Å². The van der Waals surface area contributed by atoms with E-state index in [2.05, 4.69) is 5.32 Å². The van der Waals surface area contributed by atoms with Crippen molar-refractivity contribution >= 4 is 11.8 Å². The molecular formula is C16H20N4O2. The van der Waals surface area contributed by atoms with Crippen LogP contribution in [0.4, 0.5) is 0 Å². The summed E-state index contributed by atoms with van der Waals surface area (Å²) in [5.41, 5.74) is 6.38. The van der Waals surface area contributed by atoms with E-state index in [1.165, 1.54) is 18.0 Å². The van der Waals surface area contributed by atoms with Gasteiger partial charge in [0, 0.05) is 32.8 Å². The van der Waals surface area contributed by atoms with Crippen LogP contribution >= 0.6 is 0 Å². The second-order valence-corrected chi connectivity index (χ2v) is 4.65. The normalized spacial score (nSPS) is 10.7. The molecule has 0 saturated carbocycles. The standard InChI is InChI=1S/C16H20N4O2/c1-13(21)20(10-8-17)12-15(11-18)16(22)19-9-7-14-5-3-2-4-6-14/h2-6,12H,7-10,17H2,1H3,(H,19,22)/b15-12-. The fraction of sp³-hybridized carbons (Fsp3) is 0.312. The number of nitrogens with two attached hydrogens (primary N) is 1.